The molecular formula is C28H30F2N6O2. The molecule has 4 aromatic rings. The molecular weight excluding hydrogens is 490 g/mol. The summed E-state index contributed by atoms with van der Waals surface area (Å²) in [5.41, 5.74) is 4.12. The minimum absolute atomic E-state index is 0.0677. The Morgan fingerprint density at radius 2 is 1.76 bits per heavy atom. The normalized spacial score (nSPS) is 14.2. The van der Waals surface area contributed by atoms with Crippen LogP contribution in [0.5, 0.6) is 0 Å². The third kappa shape index (κ3) is 5.76. The molecule has 1 aromatic heterocycles. The van der Waals surface area contributed by atoms with Gasteiger partial charge in [0.15, 0.2) is 5.82 Å². The number of amides is 1. The first-order valence-corrected chi connectivity index (χ1v) is 12.6. The molecule has 1 amide bonds. The van der Waals surface area contributed by atoms with Gasteiger partial charge in [0.1, 0.15) is 11.6 Å². The average Bonchev–Trinajstić information content (AvgIpc) is 3.29. The molecule has 5 rings (SSSR count). The van der Waals surface area contributed by atoms with E-state index in [9.17, 15) is 18.7 Å². The third-order valence-corrected chi connectivity index (χ3v) is 6.73. The molecule has 0 spiro atoms. The number of anilines is 3. The first-order valence-electron chi connectivity index (χ1n) is 12.6. The van der Waals surface area contributed by atoms with Gasteiger partial charge in [0.05, 0.1) is 17.7 Å². The van der Waals surface area contributed by atoms with E-state index in [0.29, 0.717) is 41.0 Å². The zero-order valence-corrected chi connectivity index (χ0v) is 21.1. The fraction of sp³-hybridized carbons (Fsp3) is 0.286. The highest BCUT2D eigenvalue weighted by molar-refractivity contribution is 6.11. The molecule has 198 valence electrons. The Hall–Kier alpha value is -4.02. The molecule has 4 N–H and O–H groups in total. The van der Waals surface area contributed by atoms with E-state index in [2.05, 4.69) is 37.7 Å². The van der Waals surface area contributed by atoms with Gasteiger partial charge in [-0.2, -0.15) is 5.10 Å². The molecule has 0 saturated carbocycles. The fourth-order valence-electron chi connectivity index (χ4n) is 4.72. The lowest BCUT2D eigenvalue weighted by molar-refractivity contribution is 0.102. The van der Waals surface area contributed by atoms with E-state index >= 15 is 0 Å². The van der Waals surface area contributed by atoms with Crippen LogP contribution in [-0.2, 0) is 6.42 Å². The van der Waals surface area contributed by atoms with Crippen molar-refractivity contribution in [1.82, 2.24) is 15.1 Å². The Labute approximate surface area is 219 Å². The molecule has 0 aliphatic carbocycles. The number of aromatic nitrogens is 2. The van der Waals surface area contributed by atoms with Crippen LogP contribution in [0.3, 0.4) is 0 Å². The highest BCUT2D eigenvalue weighted by atomic mass is 19.1. The van der Waals surface area contributed by atoms with Crippen molar-refractivity contribution in [2.75, 3.05) is 61.9 Å². The molecule has 0 bridgehead atoms. The molecule has 8 nitrogen and oxygen atoms in total. The lowest BCUT2D eigenvalue weighted by Crippen LogP contribution is -2.44. The van der Waals surface area contributed by atoms with Crippen LogP contribution in [0.2, 0.25) is 0 Å². The number of carbonyl (C=O) groups excluding carboxylic acids is 1. The number of H-pyrrole nitrogens is 1. The number of nitrogens with one attached hydrogen (secondary N) is 3. The van der Waals surface area contributed by atoms with E-state index in [-0.39, 0.29) is 12.5 Å². The second-order valence-corrected chi connectivity index (χ2v) is 9.53. The lowest BCUT2D eigenvalue weighted by Gasteiger charge is -2.34. The summed E-state index contributed by atoms with van der Waals surface area (Å²) in [7, 11) is 2.10. The number of halogens is 2. The summed E-state index contributed by atoms with van der Waals surface area (Å²) >= 11 is 0. The number of hydrogen-bond donors (Lipinski definition) is 4. The number of aliphatic hydroxyl groups is 1. The molecule has 1 aliphatic heterocycles. The largest absolute Gasteiger partial charge is 0.395 e. The van der Waals surface area contributed by atoms with Gasteiger partial charge in [0.2, 0.25) is 0 Å². The van der Waals surface area contributed by atoms with Gasteiger partial charge >= 0.3 is 0 Å². The Balaban J connectivity index is 1.38. The van der Waals surface area contributed by atoms with Gasteiger partial charge < -0.3 is 25.5 Å². The van der Waals surface area contributed by atoms with Crippen molar-refractivity contribution in [2.45, 2.75) is 6.42 Å². The number of benzene rings is 3. The zero-order valence-electron chi connectivity index (χ0n) is 21.1. The maximum absolute atomic E-state index is 13.6. The number of carbonyl (C=O) groups is 1. The summed E-state index contributed by atoms with van der Waals surface area (Å²) in [5, 5.41) is 23.3. The smallest absolute Gasteiger partial charge is 0.258 e. The Morgan fingerprint density at radius 3 is 2.50 bits per heavy atom. The van der Waals surface area contributed by atoms with E-state index in [1.807, 2.05) is 30.3 Å². The molecule has 10 heteroatoms. The van der Waals surface area contributed by atoms with E-state index in [1.165, 1.54) is 12.1 Å². The molecule has 0 radical (unpaired) electrons. The first-order chi connectivity index (χ1) is 18.4. The quantitative estimate of drug-likeness (QED) is 0.282. The fourth-order valence-corrected chi connectivity index (χ4v) is 4.72. The number of rotatable bonds is 8. The topological polar surface area (TPSA) is 96.5 Å². The summed E-state index contributed by atoms with van der Waals surface area (Å²) in [6.07, 6.45) is 0.326. The molecule has 0 atom stereocenters. The zero-order chi connectivity index (χ0) is 26.6. The maximum Gasteiger partial charge on any atom is 0.258 e. The van der Waals surface area contributed by atoms with Crippen molar-refractivity contribution in [2.24, 2.45) is 0 Å². The molecule has 1 aliphatic rings. The summed E-state index contributed by atoms with van der Waals surface area (Å²) < 4.78 is 27.3. The summed E-state index contributed by atoms with van der Waals surface area (Å²) in [6.45, 7) is 3.95. The van der Waals surface area contributed by atoms with Crippen LogP contribution in [-0.4, -0.2) is 72.5 Å². The lowest BCUT2D eigenvalue weighted by atomic mass is 10.0. The van der Waals surface area contributed by atoms with E-state index in [4.69, 9.17) is 0 Å². The minimum Gasteiger partial charge on any atom is -0.395 e. The van der Waals surface area contributed by atoms with Crippen LogP contribution in [0, 0.1) is 11.6 Å². The summed E-state index contributed by atoms with van der Waals surface area (Å²) in [5.74, 6) is -1.24. The third-order valence-electron chi connectivity index (χ3n) is 6.73. The van der Waals surface area contributed by atoms with Crippen LogP contribution in [0.4, 0.5) is 26.0 Å². The van der Waals surface area contributed by atoms with Gasteiger partial charge in [-0.15, -0.1) is 0 Å². The monoisotopic (exact) mass is 520 g/mol. The number of piperazine rings is 1. The predicted molar refractivity (Wildman–Crippen MR) is 145 cm³/mol. The second kappa shape index (κ2) is 11.2. The van der Waals surface area contributed by atoms with Crippen LogP contribution in [0.1, 0.15) is 21.5 Å². The van der Waals surface area contributed by atoms with E-state index in [1.54, 1.807) is 6.07 Å². The van der Waals surface area contributed by atoms with Crippen molar-refractivity contribution in [3.63, 3.8) is 0 Å². The molecule has 1 saturated heterocycles. The van der Waals surface area contributed by atoms with Crippen molar-refractivity contribution in [3.8, 4) is 0 Å². The van der Waals surface area contributed by atoms with Crippen molar-refractivity contribution in [1.29, 1.82) is 0 Å². The van der Waals surface area contributed by atoms with Gasteiger partial charge in [0, 0.05) is 55.6 Å². The standard InChI is InChI=1S/C28H30F2N6O2/c1-35-7-9-36(10-8-35)22-3-4-23(26(17-22)31-6-11-37)28(38)32-27-24-15-18(2-5-25(24)33-34-27)12-19-13-20(29)16-21(30)14-19/h2-5,13-17,31,37H,6-12H2,1H3,(H2,32,33,34,38). The summed E-state index contributed by atoms with van der Waals surface area (Å²) in [6, 6.07) is 14.6. The minimum atomic E-state index is -0.624. The Morgan fingerprint density at radius 1 is 1.00 bits per heavy atom. The highest BCUT2D eigenvalue weighted by Crippen LogP contribution is 2.28. The number of nitrogens with zero attached hydrogens (tertiary/aromatic N) is 3. The second-order valence-electron chi connectivity index (χ2n) is 9.53. The van der Waals surface area contributed by atoms with Crippen LogP contribution >= 0.6 is 0 Å². The van der Waals surface area contributed by atoms with Crippen LogP contribution < -0.4 is 15.5 Å². The molecule has 1 fully saturated rings. The Kier molecular flexibility index (Phi) is 7.52. The number of fused-ring (bicyclic) bond motifs is 1. The number of aliphatic hydroxyl groups excluding tert-OH is 1. The van der Waals surface area contributed by atoms with Gasteiger partial charge in [-0.25, -0.2) is 8.78 Å². The molecule has 2 heterocycles. The van der Waals surface area contributed by atoms with E-state index in [0.717, 1.165) is 49.0 Å². The van der Waals surface area contributed by atoms with E-state index < -0.39 is 11.6 Å². The first kappa shape index (κ1) is 25.6. The van der Waals surface area contributed by atoms with Gasteiger partial charge in [-0.3, -0.25) is 9.89 Å². The van der Waals surface area contributed by atoms with Crippen molar-refractivity contribution < 1.29 is 18.7 Å². The maximum atomic E-state index is 13.6. The van der Waals surface area contributed by atoms with Crippen molar-refractivity contribution >= 4 is 34.0 Å². The highest BCUT2D eigenvalue weighted by Gasteiger charge is 2.19. The number of aromatic amines is 1. The van der Waals surface area contributed by atoms with Gasteiger partial charge in [-0.05, 0) is 67.1 Å². The Bertz CT molecular complexity index is 1430. The van der Waals surface area contributed by atoms with Gasteiger partial charge in [-0.1, -0.05) is 6.07 Å². The average molecular weight is 521 g/mol. The van der Waals surface area contributed by atoms with Gasteiger partial charge in [0.25, 0.3) is 5.91 Å². The number of likely N-dealkylation sites (N-methyl/N-ethyl adjacent to an activating group) is 1. The van der Waals surface area contributed by atoms with Crippen LogP contribution in [0.25, 0.3) is 10.9 Å². The summed E-state index contributed by atoms with van der Waals surface area (Å²) in [4.78, 5) is 17.9. The molecule has 0 unspecified atom stereocenters. The van der Waals surface area contributed by atoms with Crippen molar-refractivity contribution in [3.05, 3.63) is 82.9 Å². The molecule has 38 heavy (non-hydrogen) atoms. The van der Waals surface area contributed by atoms with Crippen LogP contribution in [0.15, 0.2) is 54.6 Å². The SMILES string of the molecule is CN1CCN(c2ccc(C(=O)Nc3n[nH]c4ccc(Cc5cc(F)cc(F)c5)cc34)c(NCCO)c2)CC1. The number of hydrogen-bond acceptors (Lipinski definition) is 6. The molecule has 3 aromatic carbocycles. The predicted octanol–water partition coefficient (Wildman–Crippen LogP) is 3.84.